The minimum absolute atomic E-state index is 0. The number of hydrogen-bond donors (Lipinski definition) is 1. The quantitative estimate of drug-likeness (QED) is 0.810. The molecule has 2 fully saturated rings. The molecule has 1 aliphatic heterocycles. The summed E-state index contributed by atoms with van der Waals surface area (Å²) in [6.45, 7) is 4.54. The van der Waals surface area contributed by atoms with Crippen LogP contribution in [0.3, 0.4) is 0 Å². The average molecular weight is 419 g/mol. The summed E-state index contributed by atoms with van der Waals surface area (Å²) >= 11 is 0. The highest BCUT2D eigenvalue weighted by Crippen LogP contribution is 2.27. The number of nitrogens with zero attached hydrogens (tertiary/aromatic N) is 3. The van der Waals surface area contributed by atoms with Gasteiger partial charge >= 0.3 is 0 Å². The molecule has 1 aromatic heterocycles. The Labute approximate surface area is 174 Å². The minimum Gasteiger partial charge on any atom is -0.380 e. The Morgan fingerprint density at radius 2 is 1.93 bits per heavy atom. The molecule has 2 N–H and O–H groups in total. The first-order valence-electron chi connectivity index (χ1n) is 9.36. The number of rotatable bonds is 4. The summed E-state index contributed by atoms with van der Waals surface area (Å²) in [7, 11) is 1.69. The van der Waals surface area contributed by atoms with Crippen LogP contribution in [0.25, 0.3) is 0 Å². The van der Waals surface area contributed by atoms with E-state index in [9.17, 15) is 4.79 Å². The number of pyridine rings is 1. The van der Waals surface area contributed by atoms with Gasteiger partial charge in [0, 0.05) is 64.2 Å². The van der Waals surface area contributed by atoms with E-state index in [0.29, 0.717) is 5.91 Å². The van der Waals surface area contributed by atoms with E-state index in [1.54, 1.807) is 7.11 Å². The summed E-state index contributed by atoms with van der Waals surface area (Å²) < 4.78 is 5.47. The molecule has 6 nitrogen and oxygen atoms in total. The maximum absolute atomic E-state index is 12.9. The number of aromatic nitrogens is 1. The van der Waals surface area contributed by atoms with Crippen molar-refractivity contribution < 1.29 is 9.53 Å². The Kier molecular flexibility index (Phi) is 10.6. The average Bonchev–Trinajstić information content (AvgIpc) is 2.88. The topological polar surface area (TPSA) is 71.7 Å². The second-order valence-corrected chi connectivity index (χ2v) is 7.26. The zero-order chi connectivity index (χ0) is 17.6. The number of carbonyl (C=O) groups is 1. The van der Waals surface area contributed by atoms with Crippen LogP contribution in [-0.4, -0.2) is 66.1 Å². The van der Waals surface area contributed by atoms with Crippen molar-refractivity contribution >= 4 is 30.7 Å². The molecule has 0 radical (unpaired) electrons. The Bertz CT molecular complexity index is 564. The number of methoxy groups -OCH3 is 1. The molecule has 0 unspecified atom stereocenters. The van der Waals surface area contributed by atoms with Gasteiger partial charge in [-0.15, -0.1) is 24.8 Å². The van der Waals surface area contributed by atoms with Gasteiger partial charge in [-0.25, -0.2) is 0 Å². The molecule has 1 saturated heterocycles. The lowest BCUT2D eigenvalue weighted by Gasteiger charge is -2.35. The molecule has 1 aliphatic carbocycles. The summed E-state index contributed by atoms with van der Waals surface area (Å²) in [5, 5.41) is 0. The van der Waals surface area contributed by atoms with Gasteiger partial charge in [0.25, 0.3) is 0 Å². The third-order valence-corrected chi connectivity index (χ3v) is 5.55. The maximum Gasteiger partial charge on any atom is 0.225 e. The number of halogens is 2. The van der Waals surface area contributed by atoms with E-state index in [-0.39, 0.29) is 42.9 Å². The molecule has 0 spiro atoms. The van der Waals surface area contributed by atoms with Crippen molar-refractivity contribution in [1.82, 2.24) is 14.8 Å². The van der Waals surface area contributed by atoms with Gasteiger partial charge in [-0.3, -0.25) is 14.7 Å². The first-order chi connectivity index (χ1) is 12.2. The van der Waals surface area contributed by atoms with Crippen LogP contribution in [0, 0.1) is 5.92 Å². The van der Waals surface area contributed by atoms with Gasteiger partial charge < -0.3 is 15.4 Å². The third kappa shape index (κ3) is 6.57. The van der Waals surface area contributed by atoms with Gasteiger partial charge in [0.1, 0.15) is 0 Å². The molecule has 1 amide bonds. The second-order valence-electron chi connectivity index (χ2n) is 7.26. The second kappa shape index (κ2) is 11.8. The van der Waals surface area contributed by atoms with Crippen LogP contribution in [0.4, 0.5) is 0 Å². The molecule has 27 heavy (non-hydrogen) atoms. The van der Waals surface area contributed by atoms with Gasteiger partial charge in [0.2, 0.25) is 5.91 Å². The molecule has 154 valence electrons. The van der Waals surface area contributed by atoms with Crippen molar-refractivity contribution in [1.29, 1.82) is 0 Å². The molecular formula is C19H32Cl2N4O2. The van der Waals surface area contributed by atoms with Crippen LogP contribution in [-0.2, 0) is 16.1 Å². The lowest BCUT2D eigenvalue weighted by Crippen LogP contribution is -2.47. The smallest absolute Gasteiger partial charge is 0.225 e. The van der Waals surface area contributed by atoms with E-state index in [2.05, 4.69) is 26.9 Å². The van der Waals surface area contributed by atoms with E-state index in [1.807, 2.05) is 12.4 Å². The summed E-state index contributed by atoms with van der Waals surface area (Å²) in [4.78, 5) is 21.5. The van der Waals surface area contributed by atoms with Crippen molar-refractivity contribution in [2.75, 3.05) is 33.3 Å². The fourth-order valence-electron chi connectivity index (χ4n) is 4.00. The lowest BCUT2D eigenvalue weighted by molar-refractivity contribution is -0.138. The summed E-state index contributed by atoms with van der Waals surface area (Å²) in [5.74, 6) is 0.358. The molecule has 3 atom stereocenters. The highest BCUT2D eigenvalue weighted by atomic mass is 35.5. The SMILES string of the molecule is CO[C@@H]1C[C@@H](C(=O)N2CCCN(Cc3ccncc3)CC2)CC[C@H]1N.Cl.Cl. The van der Waals surface area contributed by atoms with E-state index in [1.165, 1.54) is 5.56 Å². The van der Waals surface area contributed by atoms with Crippen LogP contribution in [0.2, 0.25) is 0 Å². The van der Waals surface area contributed by atoms with E-state index >= 15 is 0 Å². The molecule has 1 saturated carbocycles. The van der Waals surface area contributed by atoms with E-state index in [4.69, 9.17) is 10.5 Å². The zero-order valence-electron chi connectivity index (χ0n) is 16.0. The Morgan fingerprint density at radius 1 is 1.19 bits per heavy atom. The first-order valence-corrected chi connectivity index (χ1v) is 9.36. The number of amides is 1. The number of carbonyl (C=O) groups excluding carboxylic acids is 1. The normalized spacial score (nSPS) is 26.4. The highest BCUT2D eigenvalue weighted by molar-refractivity contribution is 5.85. The maximum atomic E-state index is 12.9. The largest absolute Gasteiger partial charge is 0.380 e. The number of hydrogen-bond acceptors (Lipinski definition) is 5. The molecule has 1 aromatic rings. The summed E-state index contributed by atoms with van der Waals surface area (Å²) in [5.41, 5.74) is 7.36. The van der Waals surface area contributed by atoms with Crippen molar-refractivity contribution in [3.05, 3.63) is 30.1 Å². The molecule has 8 heteroatoms. The fourth-order valence-corrected chi connectivity index (χ4v) is 4.00. The minimum atomic E-state index is 0. The fraction of sp³-hybridized carbons (Fsp3) is 0.684. The van der Waals surface area contributed by atoms with Gasteiger partial charge in [-0.05, 0) is 43.4 Å². The number of ether oxygens (including phenoxy) is 1. The lowest BCUT2D eigenvalue weighted by atomic mass is 9.83. The Balaban J connectivity index is 0.00000182. The molecule has 0 bridgehead atoms. The molecule has 2 heterocycles. The van der Waals surface area contributed by atoms with Gasteiger partial charge in [0.05, 0.1) is 6.10 Å². The van der Waals surface area contributed by atoms with Crippen molar-refractivity contribution in [2.45, 2.75) is 44.4 Å². The molecule has 0 aromatic carbocycles. The predicted octanol–water partition coefficient (Wildman–Crippen LogP) is 2.10. The highest BCUT2D eigenvalue weighted by Gasteiger charge is 2.34. The number of nitrogens with two attached hydrogens (primary N) is 1. The third-order valence-electron chi connectivity index (χ3n) is 5.55. The van der Waals surface area contributed by atoms with Crippen molar-refractivity contribution in [3.63, 3.8) is 0 Å². The molecule has 2 aliphatic rings. The monoisotopic (exact) mass is 418 g/mol. The van der Waals surface area contributed by atoms with Crippen LogP contribution < -0.4 is 5.73 Å². The van der Waals surface area contributed by atoms with Gasteiger partial charge in [-0.2, -0.15) is 0 Å². The van der Waals surface area contributed by atoms with Gasteiger partial charge in [0.15, 0.2) is 0 Å². The van der Waals surface area contributed by atoms with Crippen molar-refractivity contribution in [2.24, 2.45) is 11.7 Å². The standard InChI is InChI=1S/C19H30N4O2.2ClH/c1-25-18-13-16(3-4-17(18)20)19(24)23-10-2-9-22(11-12-23)14-15-5-7-21-8-6-15;;/h5-8,16-18H,2-4,9-14,20H2,1H3;2*1H/t16-,17+,18+;;/m0../s1. The molecular weight excluding hydrogens is 387 g/mol. The van der Waals surface area contributed by atoms with Crippen LogP contribution in [0.1, 0.15) is 31.2 Å². The Hall–Kier alpha value is -0.920. The van der Waals surface area contributed by atoms with Crippen LogP contribution in [0.5, 0.6) is 0 Å². The summed E-state index contributed by atoms with van der Waals surface area (Å²) in [6, 6.07) is 4.18. The van der Waals surface area contributed by atoms with Crippen LogP contribution >= 0.6 is 24.8 Å². The van der Waals surface area contributed by atoms with E-state index in [0.717, 1.165) is 58.4 Å². The predicted molar refractivity (Wildman–Crippen MR) is 111 cm³/mol. The van der Waals surface area contributed by atoms with Crippen molar-refractivity contribution in [3.8, 4) is 0 Å². The first kappa shape index (κ1) is 24.1. The van der Waals surface area contributed by atoms with Crippen LogP contribution in [0.15, 0.2) is 24.5 Å². The Morgan fingerprint density at radius 3 is 2.63 bits per heavy atom. The van der Waals surface area contributed by atoms with Gasteiger partial charge in [-0.1, -0.05) is 0 Å². The zero-order valence-corrected chi connectivity index (χ0v) is 17.6. The summed E-state index contributed by atoms with van der Waals surface area (Å²) in [6.07, 6.45) is 7.22. The van der Waals surface area contributed by atoms with E-state index < -0.39 is 0 Å². The molecule has 3 rings (SSSR count).